The number of hydrogen-bond acceptors (Lipinski definition) is 5. The first-order chi connectivity index (χ1) is 6.74. The fourth-order valence-electron chi connectivity index (χ4n) is 2.04. The molecule has 6 N–H and O–H groups in total. The lowest BCUT2D eigenvalue weighted by Crippen LogP contribution is -2.63. The van der Waals surface area contributed by atoms with Gasteiger partial charge in [-0.25, -0.2) is 0 Å². The number of nitrogens with two attached hydrogens (primary N) is 1. The summed E-state index contributed by atoms with van der Waals surface area (Å²) in [5.74, 6) is 0.256. The molecule has 1 fully saturated rings. The summed E-state index contributed by atoms with van der Waals surface area (Å²) in [6.45, 7) is 0.776. The van der Waals surface area contributed by atoms with Gasteiger partial charge in [-0.1, -0.05) is 12.2 Å². The fourth-order valence-corrected chi connectivity index (χ4v) is 2.23. The van der Waals surface area contributed by atoms with E-state index in [0.717, 1.165) is 12.2 Å². The Kier molecular flexibility index (Phi) is 2.69. The van der Waals surface area contributed by atoms with Crippen molar-refractivity contribution in [1.29, 1.82) is 0 Å². The van der Waals surface area contributed by atoms with Crippen LogP contribution in [-0.2, 0) is 0 Å². The van der Waals surface area contributed by atoms with Gasteiger partial charge in [0.25, 0.3) is 0 Å². The number of rotatable bonds is 2. The van der Waals surface area contributed by atoms with E-state index in [1.165, 1.54) is 0 Å². The third kappa shape index (κ3) is 1.50. The van der Waals surface area contributed by atoms with Crippen molar-refractivity contribution in [3.05, 3.63) is 11.8 Å². The Morgan fingerprint density at radius 1 is 1.64 bits per heavy atom. The molecule has 6 heteroatoms. The van der Waals surface area contributed by atoms with Crippen molar-refractivity contribution < 1.29 is 0 Å². The van der Waals surface area contributed by atoms with Crippen LogP contribution in [0.15, 0.2) is 11.8 Å². The van der Waals surface area contributed by atoms with E-state index in [1.807, 2.05) is 13.2 Å². The summed E-state index contributed by atoms with van der Waals surface area (Å²) in [5.41, 5.74) is 6.67. The van der Waals surface area contributed by atoms with Crippen LogP contribution < -0.4 is 27.0 Å². The number of hydrogen-bond donors (Lipinski definition) is 5. The van der Waals surface area contributed by atoms with Crippen LogP contribution in [0, 0.1) is 5.92 Å². The van der Waals surface area contributed by atoms with Crippen molar-refractivity contribution >= 4 is 17.2 Å². The first-order valence-electron chi connectivity index (χ1n) is 4.64. The van der Waals surface area contributed by atoms with Gasteiger partial charge in [0.1, 0.15) is 4.99 Å². The van der Waals surface area contributed by atoms with Crippen molar-refractivity contribution in [3.8, 4) is 0 Å². The third-order valence-corrected chi connectivity index (χ3v) is 2.97. The van der Waals surface area contributed by atoms with Crippen molar-refractivity contribution in [3.63, 3.8) is 0 Å². The van der Waals surface area contributed by atoms with E-state index >= 15 is 0 Å². The van der Waals surface area contributed by atoms with Crippen LogP contribution >= 0.6 is 12.2 Å². The minimum atomic E-state index is 0.212. The molecule has 1 saturated heterocycles. The Labute approximate surface area is 88.5 Å². The Balaban J connectivity index is 2.19. The largest absolute Gasteiger partial charge is 0.390 e. The minimum Gasteiger partial charge on any atom is -0.390 e. The molecule has 3 unspecified atom stereocenters. The molecule has 14 heavy (non-hydrogen) atoms. The number of fused-ring (bicyclic) bond motifs is 1. The SMILES string of the molecule is CNC1NCNC2NC=C(C(N)=S)C12. The normalized spacial score (nSPS) is 35.8. The minimum absolute atomic E-state index is 0.212. The van der Waals surface area contributed by atoms with Crippen LogP contribution in [0.4, 0.5) is 0 Å². The highest BCUT2D eigenvalue weighted by molar-refractivity contribution is 7.80. The van der Waals surface area contributed by atoms with Gasteiger partial charge in [0.2, 0.25) is 0 Å². The molecule has 0 aromatic rings. The van der Waals surface area contributed by atoms with Crippen LogP contribution in [0.1, 0.15) is 0 Å². The Hall–Kier alpha value is -0.690. The van der Waals surface area contributed by atoms with Crippen molar-refractivity contribution in [2.45, 2.75) is 12.3 Å². The quantitative estimate of drug-likeness (QED) is 0.356. The molecule has 78 valence electrons. The summed E-state index contributed by atoms with van der Waals surface area (Å²) in [5, 5.41) is 13.1. The summed E-state index contributed by atoms with van der Waals surface area (Å²) in [6.07, 6.45) is 2.34. The first-order valence-corrected chi connectivity index (χ1v) is 5.05. The van der Waals surface area contributed by atoms with E-state index in [2.05, 4.69) is 21.3 Å². The molecule has 0 aromatic carbocycles. The maximum absolute atomic E-state index is 5.66. The van der Waals surface area contributed by atoms with Crippen molar-refractivity contribution in [2.24, 2.45) is 11.7 Å². The molecular formula is C8H15N5S. The second-order valence-corrected chi connectivity index (χ2v) is 3.93. The standard InChI is InChI=1S/C8H15N5S/c1-10-7-5-4(6(9)14)2-11-8(5)13-3-12-7/h2,5,7-8,10-13H,3H2,1H3,(H2,9,14). The lowest BCUT2D eigenvalue weighted by molar-refractivity contribution is 0.221. The van der Waals surface area contributed by atoms with Gasteiger partial charge >= 0.3 is 0 Å². The zero-order chi connectivity index (χ0) is 10.1. The Morgan fingerprint density at radius 2 is 2.43 bits per heavy atom. The molecule has 0 amide bonds. The zero-order valence-corrected chi connectivity index (χ0v) is 8.82. The first kappa shape index (κ1) is 9.85. The van der Waals surface area contributed by atoms with E-state index < -0.39 is 0 Å². The average Bonchev–Trinajstić information content (AvgIpc) is 2.60. The smallest absolute Gasteiger partial charge is 0.101 e. The van der Waals surface area contributed by atoms with E-state index in [4.69, 9.17) is 18.0 Å². The van der Waals surface area contributed by atoms with Crippen molar-refractivity contribution in [2.75, 3.05) is 13.7 Å². The second-order valence-electron chi connectivity index (χ2n) is 3.49. The number of nitrogens with one attached hydrogen (secondary N) is 4. The van der Waals surface area contributed by atoms with Gasteiger partial charge in [-0.3, -0.25) is 10.6 Å². The highest BCUT2D eigenvalue weighted by Crippen LogP contribution is 2.24. The molecule has 2 aliphatic rings. The fraction of sp³-hybridized carbons (Fsp3) is 0.625. The predicted octanol–water partition coefficient (Wildman–Crippen LogP) is -1.60. The maximum atomic E-state index is 5.66. The summed E-state index contributed by atoms with van der Waals surface area (Å²) in [4.78, 5) is 0.468. The number of thiocarbonyl (C=S) groups is 1. The van der Waals surface area contributed by atoms with Gasteiger partial charge < -0.3 is 16.4 Å². The molecule has 0 aromatic heterocycles. The van der Waals surface area contributed by atoms with E-state index in [1.54, 1.807) is 0 Å². The monoisotopic (exact) mass is 213 g/mol. The molecule has 5 nitrogen and oxygen atoms in total. The molecule has 2 aliphatic heterocycles. The molecule has 2 rings (SSSR count). The summed E-state index contributed by atoms with van der Waals surface area (Å²) >= 11 is 5.01. The van der Waals surface area contributed by atoms with Gasteiger partial charge in [0.05, 0.1) is 18.2 Å². The average molecular weight is 213 g/mol. The van der Waals surface area contributed by atoms with Crippen LogP contribution in [-0.4, -0.2) is 31.0 Å². The Bertz CT molecular complexity index is 277. The molecule has 3 atom stereocenters. The van der Waals surface area contributed by atoms with E-state index in [-0.39, 0.29) is 18.2 Å². The molecular weight excluding hydrogens is 198 g/mol. The Morgan fingerprint density at radius 3 is 3.07 bits per heavy atom. The zero-order valence-electron chi connectivity index (χ0n) is 8.00. The summed E-state index contributed by atoms with van der Waals surface area (Å²) in [6, 6.07) is 0. The van der Waals surface area contributed by atoms with Gasteiger partial charge in [0, 0.05) is 18.4 Å². The lowest BCUT2D eigenvalue weighted by atomic mass is 9.94. The van der Waals surface area contributed by atoms with Gasteiger partial charge in [-0.05, 0) is 7.05 Å². The second kappa shape index (κ2) is 3.82. The van der Waals surface area contributed by atoms with Gasteiger partial charge in [-0.15, -0.1) is 0 Å². The predicted molar refractivity (Wildman–Crippen MR) is 59.3 cm³/mol. The summed E-state index contributed by atoms with van der Waals surface area (Å²) in [7, 11) is 1.93. The van der Waals surface area contributed by atoms with Gasteiger partial charge in [0.15, 0.2) is 0 Å². The third-order valence-electron chi connectivity index (χ3n) is 2.74. The molecule has 0 spiro atoms. The van der Waals surface area contributed by atoms with E-state index in [0.29, 0.717) is 4.99 Å². The summed E-state index contributed by atoms with van der Waals surface area (Å²) < 4.78 is 0. The topological polar surface area (TPSA) is 74.1 Å². The highest BCUT2D eigenvalue weighted by atomic mass is 32.1. The molecule has 0 radical (unpaired) electrons. The van der Waals surface area contributed by atoms with Crippen LogP contribution in [0.25, 0.3) is 0 Å². The van der Waals surface area contributed by atoms with Crippen molar-refractivity contribution in [1.82, 2.24) is 21.3 Å². The molecule has 2 heterocycles. The molecule has 0 bridgehead atoms. The lowest BCUT2D eigenvalue weighted by Gasteiger charge is -2.36. The maximum Gasteiger partial charge on any atom is 0.101 e. The van der Waals surface area contributed by atoms with Crippen LogP contribution in [0.5, 0.6) is 0 Å². The van der Waals surface area contributed by atoms with Gasteiger partial charge in [-0.2, -0.15) is 0 Å². The molecule has 0 saturated carbocycles. The molecule has 0 aliphatic carbocycles. The van der Waals surface area contributed by atoms with Crippen LogP contribution in [0.2, 0.25) is 0 Å². The highest BCUT2D eigenvalue weighted by Gasteiger charge is 2.38. The van der Waals surface area contributed by atoms with E-state index in [9.17, 15) is 0 Å². The van der Waals surface area contributed by atoms with Crippen LogP contribution in [0.3, 0.4) is 0 Å².